The summed E-state index contributed by atoms with van der Waals surface area (Å²) in [6.45, 7) is 8.26. The molecule has 1 aliphatic heterocycles. The highest BCUT2D eigenvalue weighted by Crippen LogP contribution is 2.16. The molecule has 1 aromatic carbocycles. The third-order valence-corrected chi connectivity index (χ3v) is 3.33. The van der Waals surface area contributed by atoms with Crippen molar-refractivity contribution in [2.45, 2.75) is 19.3 Å². The monoisotopic (exact) mass is 254 g/mol. The Morgan fingerprint density at radius 3 is 2.71 bits per heavy atom. The highest BCUT2D eigenvalue weighted by atomic mass is 35.5. The van der Waals surface area contributed by atoms with Crippen molar-refractivity contribution in [1.29, 1.82) is 0 Å². The van der Waals surface area contributed by atoms with Crippen molar-refractivity contribution < 1.29 is 0 Å². The minimum Gasteiger partial charge on any atom is -0.315 e. The Hall–Kier alpha value is -0.570. The number of halogens is 1. The van der Waals surface area contributed by atoms with Gasteiger partial charge in [-0.2, -0.15) is 0 Å². The van der Waals surface area contributed by atoms with Crippen molar-refractivity contribution >= 4 is 12.4 Å². The zero-order valence-electron chi connectivity index (χ0n) is 10.6. The molecule has 1 unspecified atom stereocenters. The standard InChI is InChI=1S/C14H22N2.ClH/c1-13(14-6-3-2-4-7-14)12-16-10-5-8-15-9-11-16;/h2-4,6-7,13,15H,5,8-12H2,1H3;1H. The Morgan fingerprint density at radius 1 is 1.18 bits per heavy atom. The van der Waals surface area contributed by atoms with Crippen molar-refractivity contribution in [3.8, 4) is 0 Å². The number of nitrogens with one attached hydrogen (secondary N) is 1. The lowest BCUT2D eigenvalue weighted by molar-refractivity contribution is 0.278. The summed E-state index contributed by atoms with van der Waals surface area (Å²) >= 11 is 0. The van der Waals surface area contributed by atoms with Crippen molar-refractivity contribution in [2.75, 3.05) is 32.7 Å². The zero-order chi connectivity index (χ0) is 11.2. The maximum absolute atomic E-state index is 3.45. The van der Waals surface area contributed by atoms with Crippen LogP contribution in [0.4, 0.5) is 0 Å². The first-order chi connectivity index (χ1) is 7.86. The van der Waals surface area contributed by atoms with Gasteiger partial charge in [0.05, 0.1) is 0 Å². The highest BCUT2D eigenvalue weighted by Gasteiger charge is 2.13. The minimum absolute atomic E-state index is 0. The lowest BCUT2D eigenvalue weighted by Gasteiger charge is -2.23. The van der Waals surface area contributed by atoms with Gasteiger partial charge in [-0.1, -0.05) is 37.3 Å². The first-order valence-corrected chi connectivity index (χ1v) is 6.34. The quantitative estimate of drug-likeness (QED) is 0.892. The Kier molecular flexibility index (Phi) is 6.56. The van der Waals surface area contributed by atoms with Crippen molar-refractivity contribution in [1.82, 2.24) is 10.2 Å². The number of rotatable bonds is 3. The van der Waals surface area contributed by atoms with Crippen molar-refractivity contribution in [2.24, 2.45) is 0 Å². The Morgan fingerprint density at radius 2 is 1.94 bits per heavy atom. The van der Waals surface area contributed by atoms with E-state index in [1.54, 1.807) is 0 Å². The molecule has 0 amide bonds. The van der Waals surface area contributed by atoms with Gasteiger partial charge in [-0.3, -0.25) is 0 Å². The van der Waals surface area contributed by atoms with E-state index in [9.17, 15) is 0 Å². The van der Waals surface area contributed by atoms with E-state index < -0.39 is 0 Å². The van der Waals surface area contributed by atoms with E-state index in [1.165, 1.54) is 38.2 Å². The minimum atomic E-state index is 0. The van der Waals surface area contributed by atoms with Gasteiger partial charge in [-0.05, 0) is 31.0 Å². The summed E-state index contributed by atoms with van der Waals surface area (Å²) in [6.07, 6.45) is 1.28. The molecular formula is C14H23ClN2. The third kappa shape index (κ3) is 4.66. The van der Waals surface area contributed by atoms with E-state index in [1.807, 2.05) is 0 Å². The Bertz CT molecular complexity index is 294. The molecule has 1 fully saturated rings. The van der Waals surface area contributed by atoms with Gasteiger partial charge in [-0.25, -0.2) is 0 Å². The normalized spacial score (nSPS) is 19.1. The second kappa shape index (κ2) is 7.70. The molecule has 1 saturated heterocycles. The first-order valence-electron chi connectivity index (χ1n) is 6.34. The molecule has 0 saturated carbocycles. The lowest BCUT2D eigenvalue weighted by atomic mass is 10.0. The number of hydrogen-bond acceptors (Lipinski definition) is 2. The molecule has 1 heterocycles. The number of hydrogen-bond donors (Lipinski definition) is 1. The van der Waals surface area contributed by atoms with Gasteiger partial charge in [0.15, 0.2) is 0 Å². The molecule has 1 atom stereocenters. The van der Waals surface area contributed by atoms with Gasteiger partial charge >= 0.3 is 0 Å². The molecule has 1 N–H and O–H groups in total. The molecule has 0 radical (unpaired) electrons. The van der Waals surface area contributed by atoms with Crippen LogP contribution in [0.3, 0.4) is 0 Å². The molecule has 2 rings (SSSR count). The molecule has 1 aromatic rings. The third-order valence-electron chi connectivity index (χ3n) is 3.33. The number of benzene rings is 1. The smallest absolute Gasteiger partial charge is 0.0107 e. The zero-order valence-corrected chi connectivity index (χ0v) is 11.4. The van der Waals surface area contributed by atoms with E-state index in [0.29, 0.717) is 5.92 Å². The van der Waals surface area contributed by atoms with Gasteiger partial charge < -0.3 is 10.2 Å². The van der Waals surface area contributed by atoms with Crippen LogP contribution in [0.5, 0.6) is 0 Å². The van der Waals surface area contributed by atoms with Crippen molar-refractivity contribution in [3.05, 3.63) is 35.9 Å². The lowest BCUT2D eigenvalue weighted by Crippen LogP contribution is -2.31. The average Bonchev–Trinajstić information content (AvgIpc) is 2.59. The van der Waals surface area contributed by atoms with E-state index in [4.69, 9.17) is 0 Å². The maximum Gasteiger partial charge on any atom is 0.0107 e. The molecule has 0 bridgehead atoms. The summed E-state index contributed by atoms with van der Waals surface area (Å²) in [4.78, 5) is 2.58. The van der Waals surface area contributed by atoms with Crippen LogP contribution in [0.2, 0.25) is 0 Å². The molecule has 2 nitrogen and oxygen atoms in total. The van der Waals surface area contributed by atoms with Gasteiger partial charge in [0.1, 0.15) is 0 Å². The predicted octanol–water partition coefficient (Wildman–Crippen LogP) is 2.51. The average molecular weight is 255 g/mol. The summed E-state index contributed by atoms with van der Waals surface area (Å²) in [7, 11) is 0. The fourth-order valence-corrected chi connectivity index (χ4v) is 2.36. The molecule has 17 heavy (non-hydrogen) atoms. The molecular weight excluding hydrogens is 232 g/mol. The predicted molar refractivity (Wildman–Crippen MR) is 76.0 cm³/mol. The molecule has 96 valence electrons. The summed E-state index contributed by atoms with van der Waals surface area (Å²) in [6, 6.07) is 10.8. The second-order valence-electron chi connectivity index (χ2n) is 4.72. The van der Waals surface area contributed by atoms with Crippen molar-refractivity contribution in [3.63, 3.8) is 0 Å². The summed E-state index contributed by atoms with van der Waals surface area (Å²) in [5.41, 5.74) is 1.46. The molecule has 0 aromatic heterocycles. The molecule has 0 spiro atoms. The fraction of sp³-hybridized carbons (Fsp3) is 0.571. The SMILES string of the molecule is CC(CN1CCCNCC1)c1ccccc1.Cl. The van der Waals surface area contributed by atoms with Gasteiger partial charge in [0.2, 0.25) is 0 Å². The van der Waals surface area contributed by atoms with Crippen LogP contribution < -0.4 is 5.32 Å². The van der Waals surface area contributed by atoms with Gasteiger partial charge in [0.25, 0.3) is 0 Å². The Balaban J connectivity index is 0.00000144. The van der Waals surface area contributed by atoms with Crippen LogP contribution in [0.25, 0.3) is 0 Å². The molecule has 3 heteroatoms. The first kappa shape index (κ1) is 14.5. The number of nitrogens with zero attached hydrogens (tertiary/aromatic N) is 1. The Labute approximate surface area is 111 Å². The fourth-order valence-electron chi connectivity index (χ4n) is 2.36. The van der Waals surface area contributed by atoms with E-state index in [2.05, 4.69) is 47.5 Å². The van der Waals surface area contributed by atoms with Crippen LogP contribution in [0.1, 0.15) is 24.8 Å². The van der Waals surface area contributed by atoms with Crippen LogP contribution >= 0.6 is 12.4 Å². The van der Waals surface area contributed by atoms with Crippen LogP contribution in [-0.4, -0.2) is 37.6 Å². The topological polar surface area (TPSA) is 15.3 Å². The van der Waals surface area contributed by atoms with Crippen LogP contribution in [-0.2, 0) is 0 Å². The highest BCUT2D eigenvalue weighted by molar-refractivity contribution is 5.85. The molecule has 0 aliphatic carbocycles. The largest absolute Gasteiger partial charge is 0.315 e. The maximum atomic E-state index is 3.45. The van der Waals surface area contributed by atoms with Gasteiger partial charge in [0, 0.05) is 19.6 Å². The van der Waals surface area contributed by atoms with E-state index in [0.717, 1.165) is 6.54 Å². The summed E-state index contributed by atoms with van der Waals surface area (Å²) < 4.78 is 0. The molecule has 1 aliphatic rings. The van der Waals surface area contributed by atoms with E-state index >= 15 is 0 Å². The second-order valence-corrected chi connectivity index (χ2v) is 4.72. The summed E-state index contributed by atoms with van der Waals surface area (Å²) in [5.74, 6) is 0.638. The van der Waals surface area contributed by atoms with Gasteiger partial charge in [-0.15, -0.1) is 12.4 Å². The van der Waals surface area contributed by atoms with E-state index in [-0.39, 0.29) is 12.4 Å². The van der Waals surface area contributed by atoms with Crippen LogP contribution in [0, 0.1) is 0 Å². The van der Waals surface area contributed by atoms with Crippen LogP contribution in [0.15, 0.2) is 30.3 Å². The summed E-state index contributed by atoms with van der Waals surface area (Å²) in [5, 5.41) is 3.45.